The van der Waals surface area contributed by atoms with E-state index in [2.05, 4.69) is 0 Å². The van der Waals surface area contributed by atoms with Crippen LogP contribution >= 0.6 is 0 Å². The summed E-state index contributed by atoms with van der Waals surface area (Å²) in [5.41, 5.74) is -0.291. The molecule has 1 heterocycles. The van der Waals surface area contributed by atoms with Crippen LogP contribution in [0.3, 0.4) is 0 Å². The molecular weight excluding hydrogens is 237 g/mol. The number of benzene rings is 1. The Balaban J connectivity index is 2.22. The predicted octanol–water partition coefficient (Wildman–Crippen LogP) is 1.37. The first-order valence-corrected chi connectivity index (χ1v) is 5.95. The first kappa shape index (κ1) is 12.8. The molecule has 2 N–H and O–H groups in total. The molecule has 0 aromatic heterocycles. The fourth-order valence-electron chi connectivity index (χ4n) is 2.20. The molecule has 2 rings (SSSR count). The fraction of sp³-hybridized carbons (Fsp3) is 0.462. The molecule has 0 saturated carbocycles. The van der Waals surface area contributed by atoms with Gasteiger partial charge in [0.2, 0.25) is 0 Å². The summed E-state index contributed by atoms with van der Waals surface area (Å²) in [6, 6.07) is 3.79. The zero-order valence-electron chi connectivity index (χ0n) is 10.1. The van der Waals surface area contributed by atoms with Crippen molar-refractivity contribution in [2.24, 2.45) is 5.92 Å². The number of hydrogen-bond donors (Lipinski definition) is 2. The molecule has 1 amide bonds. The average Bonchev–Trinajstić information content (AvgIpc) is 2.32. The summed E-state index contributed by atoms with van der Waals surface area (Å²) in [4.78, 5) is 13.6. The van der Waals surface area contributed by atoms with Crippen LogP contribution in [0.15, 0.2) is 18.2 Å². The number of phenolic OH excluding ortho intramolecular Hbond substituents is 1. The maximum atomic E-state index is 13.6. The van der Waals surface area contributed by atoms with Gasteiger partial charge in [-0.2, -0.15) is 0 Å². The highest BCUT2D eigenvalue weighted by molar-refractivity contribution is 5.97. The van der Waals surface area contributed by atoms with Gasteiger partial charge in [0.05, 0.1) is 6.10 Å². The van der Waals surface area contributed by atoms with Crippen LogP contribution in [0.5, 0.6) is 5.75 Å². The normalized spacial score (nSPS) is 24.1. The predicted molar refractivity (Wildman–Crippen MR) is 63.8 cm³/mol. The van der Waals surface area contributed by atoms with Crippen LogP contribution in [-0.2, 0) is 0 Å². The Labute approximate surface area is 105 Å². The molecule has 1 aliphatic heterocycles. The van der Waals surface area contributed by atoms with Gasteiger partial charge in [0, 0.05) is 13.1 Å². The van der Waals surface area contributed by atoms with Crippen LogP contribution in [0.2, 0.25) is 0 Å². The van der Waals surface area contributed by atoms with E-state index < -0.39 is 17.8 Å². The Morgan fingerprint density at radius 2 is 2.22 bits per heavy atom. The van der Waals surface area contributed by atoms with Gasteiger partial charge >= 0.3 is 0 Å². The second-order valence-corrected chi connectivity index (χ2v) is 4.72. The molecule has 0 aliphatic carbocycles. The number of carbonyl (C=O) groups is 1. The molecule has 0 bridgehead atoms. The highest BCUT2D eigenvalue weighted by atomic mass is 19.1. The van der Waals surface area contributed by atoms with Crippen molar-refractivity contribution in [2.75, 3.05) is 13.1 Å². The van der Waals surface area contributed by atoms with Gasteiger partial charge in [0.25, 0.3) is 5.91 Å². The van der Waals surface area contributed by atoms with Crippen molar-refractivity contribution < 1.29 is 19.4 Å². The molecule has 18 heavy (non-hydrogen) atoms. The minimum absolute atomic E-state index is 0.0448. The lowest BCUT2D eigenvalue weighted by atomic mass is 9.96. The van der Waals surface area contributed by atoms with Crippen molar-refractivity contribution in [3.8, 4) is 5.75 Å². The van der Waals surface area contributed by atoms with E-state index in [-0.39, 0.29) is 17.2 Å². The number of carbonyl (C=O) groups excluding carboxylic acids is 1. The second-order valence-electron chi connectivity index (χ2n) is 4.72. The lowest BCUT2D eigenvalue weighted by molar-refractivity contribution is 0.0293. The Bertz CT molecular complexity index is 443. The Kier molecular flexibility index (Phi) is 3.52. The first-order chi connectivity index (χ1) is 8.50. The highest BCUT2D eigenvalue weighted by Crippen LogP contribution is 2.24. The lowest BCUT2D eigenvalue weighted by Gasteiger charge is -2.34. The van der Waals surface area contributed by atoms with Gasteiger partial charge in [0.15, 0.2) is 0 Å². The average molecular weight is 253 g/mol. The molecule has 4 nitrogen and oxygen atoms in total. The van der Waals surface area contributed by atoms with Crippen molar-refractivity contribution in [1.29, 1.82) is 0 Å². The minimum Gasteiger partial charge on any atom is -0.507 e. The van der Waals surface area contributed by atoms with Crippen LogP contribution in [0.25, 0.3) is 0 Å². The standard InChI is InChI=1S/C13H16FNO3/c1-8-7-15(6-5-10(8)16)13(18)12-9(14)3-2-4-11(12)17/h2-4,8,10,16-17H,5-7H2,1H3. The third kappa shape index (κ3) is 2.31. The van der Waals surface area contributed by atoms with Gasteiger partial charge < -0.3 is 15.1 Å². The summed E-state index contributed by atoms with van der Waals surface area (Å²) >= 11 is 0. The third-order valence-electron chi connectivity index (χ3n) is 3.35. The van der Waals surface area contributed by atoms with E-state index in [1.54, 1.807) is 0 Å². The first-order valence-electron chi connectivity index (χ1n) is 5.95. The number of hydrogen-bond acceptors (Lipinski definition) is 3. The van der Waals surface area contributed by atoms with E-state index in [1.165, 1.54) is 17.0 Å². The van der Waals surface area contributed by atoms with Crippen LogP contribution in [0.1, 0.15) is 23.7 Å². The Hall–Kier alpha value is -1.62. The molecule has 1 saturated heterocycles. The van der Waals surface area contributed by atoms with Gasteiger partial charge in [-0.25, -0.2) is 4.39 Å². The zero-order valence-corrected chi connectivity index (χ0v) is 10.1. The molecule has 0 spiro atoms. The van der Waals surface area contributed by atoms with Crippen LogP contribution < -0.4 is 0 Å². The fourth-order valence-corrected chi connectivity index (χ4v) is 2.20. The van der Waals surface area contributed by atoms with Gasteiger partial charge in [-0.3, -0.25) is 4.79 Å². The van der Waals surface area contributed by atoms with E-state index in [4.69, 9.17) is 0 Å². The third-order valence-corrected chi connectivity index (χ3v) is 3.35. The number of aliphatic hydroxyl groups excluding tert-OH is 1. The Morgan fingerprint density at radius 1 is 1.50 bits per heavy atom. The lowest BCUT2D eigenvalue weighted by Crippen LogP contribution is -2.45. The van der Waals surface area contributed by atoms with E-state index in [0.717, 1.165) is 6.07 Å². The Morgan fingerprint density at radius 3 is 2.83 bits per heavy atom. The number of likely N-dealkylation sites (tertiary alicyclic amines) is 1. The maximum Gasteiger partial charge on any atom is 0.260 e. The van der Waals surface area contributed by atoms with Crippen molar-refractivity contribution >= 4 is 5.91 Å². The van der Waals surface area contributed by atoms with E-state index >= 15 is 0 Å². The molecule has 2 unspecified atom stereocenters. The molecule has 98 valence electrons. The van der Waals surface area contributed by atoms with E-state index in [9.17, 15) is 19.4 Å². The SMILES string of the molecule is CC1CN(C(=O)c2c(O)cccc2F)CCC1O. The molecule has 1 aromatic carbocycles. The number of aromatic hydroxyl groups is 1. The summed E-state index contributed by atoms with van der Waals surface area (Å²) in [6.07, 6.45) is 0.0468. The molecule has 1 aliphatic rings. The number of phenols is 1. The van der Waals surface area contributed by atoms with Gasteiger partial charge in [-0.15, -0.1) is 0 Å². The maximum absolute atomic E-state index is 13.6. The topological polar surface area (TPSA) is 60.8 Å². The van der Waals surface area contributed by atoms with Crippen LogP contribution in [0, 0.1) is 11.7 Å². The number of aliphatic hydroxyl groups is 1. The summed E-state index contributed by atoms with van der Waals surface area (Å²) < 4.78 is 13.6. The quantitative estimate of drug-likeness (QED) is 0.794. The number of halogens is 1. The highest BCUT2D eigenvalue weighted by Gasteiger charge is 2.30. The van der Waals surface area contributed by atoms with E-state index in [0.29, 0.717) is 19.5 Å². The van der Waals surface area contributed by atoms with Crippen LogP contribution in [-0.4, -0.2) is 40.2 Å². The number of amides is 1. The van der Waals surface area contributed by atoms with Crippen LogP contribution in [0.4, 0.5) is 4.39 Å². The molecule has 2 atom stereocenters. The van der Waals surface area contributed by atoms with Crippen molar-refractivity contribution in [2.45, 2.75) is 19.4 Å². The summed E-state index contributed by atoms with van der Waals surface area (Å²) in [5.74, 6) is -1.64. The van der Waals surface area contributed by atoms with Gasteiger partial charge in [-0.1, -0.05) is 13.0 Å². The zero-order chi connectivity index (χ0) is 13.3. The van der Waals surface area contributed by atoms with E-state index in [1.807, 2.05) is 6.92 Å². The molecule has 1 fully saturated rings. The molecule has 0 radical (unpaired) electrons. The number of rotatable bonds is 1. The van der Waals surface area contributed by atoms with Gasteiger partial charge in [-0.05, 0) is 24.5 Å². The molecule has 5 heteroatoms. The second kappa shape index (κ2) is 4.94. The summed E-state index contributed by atoms with van der Waals surface area (Å²) in [6.45, 7) is 2.58. The smallest absolute Gasteiger partial charge is 0.260 e. The van der Waals surface area contributed by atoms with Crippen molar-refractivity contribution in [1.82, 2.24) is 4.90 Å². The van der Waals surface area contributed by atoms with Crippen molar-refractivity contribution in [3.05, 3.63) is 29.6 Å². The minimum atomic E-state index is -0.723. The number of piperidine rings is 1. The van der Waals surface area contributed by atoms with Crippen molar-refractivity contribution in [3.63, 3.8) is 0 Å². The summed E-state index contributed by atoms with van der Waals surface area (Å²) in [5, 5.41) is 19.2. The molecule has 1 aromatic rings. The molecular formula is C13H16FNO3. The van der Waals surface area contributed by atoms with Gasteiger partial charge in [0.1, 0.15) is 17.1 Å². The number of nitrogens with zero attached hydrogens (tertiary/aromatic N) is 1. The monoisotopic (exact) mass is 253 g/mol. The summed E-state index contributed by atoms with van der Waals surface area (Å²) in [7, 11) is 0. The largest absolute Gasteiger partial charge is 0.507 e.